The number of rotatable bonds is 6. The zero-order chi connectivity index (χ0) is 20.6. The quantitative estimate of drug-likeness (QED) is 0.454. The van der Waals surface area contributed by atoms with Crippen molar-refractivity contribution in [1.82, 2.24) is 4.90 Å². The Bertz CT molecular complexity index is 725. The highest BCUT2D eigenvalue weighted by Gasteiger charge is 2.33. The molecule has 0 bridgehead atoms. The average molecular weight is 402 g/mol. The molecule has 2 fully saturated rings. The topological polar surface area (TPSA) is 53.3 Å². The summed E-state index contributed by atoms with van der Waals surface area (Å²) in [5, 5.41) is 9.69. The van der Waals surface area contributed by atoms with E-state index < -0.39 is 6.61 Å². The Morgan fingerprint density at radius 1 is 1.00 bits per heavy atom. The van der Waals surface area contributed by atoms with Gasteiger partial charge in [0.25, 0.3) is 5.91 Å². The normalized spacial score (nSPS) is 19.0. The van der Waals surface area contributed by atoms with Crippen molar-refractivity contribution in [3.8, 4) is 11.8 Å². The number of nitrogens with zero attached hydrogens (tertiary/aromatic N) is 2. The molecule has 2 saturated carbocycles. The van der Waals surface area contributed by atoms with Gasteiger partial charge in [0.1, 0.15) is 17.4 Å². The maximum atomic E-state index is 13.4. The molecule has 2 aliphatic carbocycles. The van der Waals surface area contributed by atoms with Gasteiger partial charge in [-0.05, 0) is 49.5 Å². The lowest BCUT2D eigenvalue weighted by Gasteiger charge is -2.41. The third-order valence-corrected chi connectivity index (χ3v) is 5.94. The zero-order valence-corrected chi connectivity index (χ0v) is 16.7. The van der Waals surface area contributed by atoms with Crippen molar-refractivity contribution in [3.05, 3.63) is 35.4 Å². The van der Waals surface area contributed by atoms with Crippen molar-refractivity contribution in [2.75, 3.05) is 0 Å². The summed E-state index contributed by atoms with van der Waals surface area (Å²) >= 11 is 0. The second-order valence-electron chi connectivity index (χ2n) is 7.91. The molecule has 1 amide bonds. The molecule has 0 heterocycles. The summed E-state index contributed by atoms with van der Waals surface area (Å²) in [5.74, 6) is -0.146. The molecule has 3 rings (SSSR count). The number of benzene rings is 1. The highest BCUT2D eigenvalue weighted by molar-refractivity contribution is 6.02. The lowest BCUT2D eigenvalue weighted by Crippen LogP contribution is -2.49. The molecular formula is C23H28F2N2O2. The van der Waals surface area contributed by atoms with E-state index in [-0.39, 0.29) is 29.3 Å². The van der Waals surface area contributed by atoms with Gasteiger partial charge < -0.3 is 9.64 Å². The average Bonchev–Trinajstić information content (AvgIpc) is 2.74. The van der Waals surface area contributed by atoms with Crippen molar-refractivity contribution in [2.24, 2.45) is 0 Å². The molecule has 0 atom stereocenters. The largest absolute Gasteiger partial charge is 0.435 e. The van der Waals surface area contributed by atoms with E-state index in [1.807, 2.05) is 4.90 Å². The molecule has 0 N–H and O–H groups in total. The first-order valence-corrected chi connectivity index (χ1v) is 10.6. The predicted molar refractivity (Wildman–Crippen MR) is 107 cm³/mol. The summed E-state index contributed by atoms with van der Waals surface area (Å²) in [4.78, 5) is 15.4. The summed E-state index contributed by atoms with van der Waals surface area (Å²) < 4.78 is 29.0. The molecule has 0 radical (unpaired) electrons. The van der Waals surface area contributed by atoms with E-state index in [1.165, 1.54) is 25.0 Å². The number of carbonyl (C=O) groups excluding carboxylic acids is 1. The highest BCUT2D eigenvalue weighted by Crippen LogP contribution is 2.31. The van der Waals surface area contributed by atoms with E-state index in [0.717, 1.165) is 51.4 Å². The molecule has 0 aliphatic heterocycles. The van der Waals surface area contributed by atoms with Gasteiger partial charge >= 0.3 is 6.61 Å². The summed E-state index contributed by atoms with van der Waals surface area (Å²) in [6, 6.07) is 8.47. The number of amides is 1. The van der Waals surface area contributed by atoms with Gasteiger partial charge in [0.2, 0.25) is 0 Å². The van der Waals surface area contributed by atoms with Crippen molar-refractivity contribution in [1.29, 1.82) is 5.26 Å². The number of hydrogen-bond acceptors (Lipinski definition) is 3. The van der Waals surface area contributed by atoms with E-state index >= 15 is 0 Å². The molecule has 2 aliphatic rings. The highest BCUT2D eigenvalue weighted by atomic mass is 19.3. The fourth-order valence-corrected chi connectivity index (χ4v) is 4.54. The van der Waals surface area contributed by atoms with Gasteiger partial charge in [-0.1, -0.05) is 50.7 Å². The molecular weight excluding hydrogens is 374 g/mol. The minimum absolute atomic E-state index is 0.0491. The van der Waals surface area contributed by atoms with Crippen LogP contribution in [-0.4, -0.2) is 29.5 Å². The first-order valence-electron chi connectivity index (χ1n) is 10.6. The SMILES string of the molecule is N#C/C(=C\c1ccc(OC(F)F)cc1)C(=O)N(C1CCCCC1)C1CCCCC1. The van der Waals surface area contributed by atoms with E-state index in [9.17, 15) is 18.8 Å². The van der Waals surface area contributed by atoms with Crippen molar-refractivity contribution in [3.63, 3.8) is 0 Å². The standard InChI is InChI=1S/C23H28F2N2O2/c24-23(25)29-21-13-11-17(12-14-21)15-18(16-26)22(28)27(19-7-3-1-4-8-19)20-9-5-2-6-10-20/h11-15,19-20,23H,1-10H2/b18-15+. The fourth-order valence-electron chi connectivity index (χ4n) is 4.54. The van der Waals surface area contributed by atoms with Crippen molar-refractivity contribution in [2.45, 2.75) is 82.9 Å². The van der Waals surface area contributed by atoms with Gasteiger partial charge in [0.15, 0.2) is 0 Å². The van der Waals surface area contributed by atoms with Crippen LogP contribution in [0.15, 0.2) is 29.8 Å². The van der Waals surface area contributed by atoms with Crippen molar-refractivity contribution >= 4 is 12.0 Å². The monoisotopic (exact) mass is 402 g/mol. The van der Waals surface area contributed by atoms with Crippen LogP contribution in [0.5, 0.6) is 5.75 Å². The fraction of sp³-hybridized carbons (Fsp3) is 0.565. The number of ether oxygens (including phenoxy) is 1. The minimum atomic E-state index is -2.88. The summed E-state index contributed by atoms with van der Waals surface area (Å²) in [5.41, 5.74) is 0.715. The van der Waals surface area contributed by atoms with Crippen LogP contribution in [0.3, 0.4) is 0 Å². The Morgan fingerprint density at radius 2 is 1.52 bits per heavy atom. The van der Waals surface area contributed by atoms with Crippen LogP contribution >= 0.6 is 0 Å². The second-order valence-corrected chi connectivity index (χ2v) is 7.91. The van der Waals surface area contributed by atoms with Gasteiger partial charge in [-0.2, -0.15) is 14.0 Å². The summed E-state index contributed by atoms with van der Waals surface area (Å²) in [6.45, 7) is -2.88. The number of alkyl halides is 2. The lowest BCUT2D eigenvalue weighted by molar-refractivity contribution is -0.133. The van der Waals surface area contributed by atoms with Crippen LogP contribution in [0.25, 0.3) is 6.08 Å². The third-order valence-electron chi connectivity index (χ3n) is 5.94. The Morgan fingerprint density at radius 3 is 1.97 bits per heavy atom. The van der Waals surface area contributed by atoms with Crippen LogP contribution in [-0.2, 0) is 4.79 Å². The maximum Gasteiger partial charge on any atom is 0.387 e. The predicted octanol–water partition coefficient (Wildman–Crippen LogP) is 5.69. The van der Waals surface area contributed by atoms with E-state index in [1.54, 1.807) is 18.2 Å². The van der Waals surface area contributed by atoms with Gasteiger partial charge in [-0.15, -0.1) is 0 Å². The molecule has 1 aromatic carbocycles. The molecule has 6 heteroatoms. The number of nitriles is 1. The van der Waals surface area contributed by atoms with Crippen LogP contribution in [0, 0.1) is 11.3 Å². The van der Waals surface area contributed by atoms with Crippen molar-refractivity contribution < 1.29 is 18.3 Å². The number of halogens is 2. The maximum absolute atomic E-state index is 13.4. The van der Waals surface area contributed by atoms with E-state index in [4.69, 9.17) is 0 Å². The van der Waals surface area contributed by atoms with Gasteiger partial charge in [-0.3, -0.25) is 4.79 Å². The molecule has 29 heavy (non-hydrogen) atoms. The summed E-state index contributed by atoms with van der Waals surface area (Å²) in [6.07, 6.45) is 12.5. The first kappa shape index (κ1) is 21.3. The second kappa shape index (κ2) is 10.4. The van der Waals surface area contributed by atoms with Crippen LogP contribution < -0.4 is 4.74 Å². The van der Waals surface area contributed by atoms with E-state index in [0.29, 0.717) is 5.56 Å². The first-order chi connectivity index (χ1) is 14.1. The molecule has 4 nitrogen and oxygen atoms in total. The molecule has 0 spiro atoms. The third kappa shape index (κ3) is 5.79. The molecule has 156 valence electrons. The van der Waals surface area contributed by atoms with Gasteiger partial charge in [0.05, 0.1) is 0 Å². The lowest BCUT2D eigenvalue weighted by atomic mass is 9.88. The summed E-state index contributed by atoms with van der Waals surface area (Å²) in [7, 11) is 0. The molecule has 1 aromatic rings. The smallest absolute Gasteiger partial charge is 0.387 e. The molecule has 0 saturated heterocycles. The number of carbonyl (C=O) groups is 1. The zero-order valence-electron chi connectivity index (χ0n) is 16.7. The van der Waals surface area contributed by atoms with Gasteiger partial charge in [0, 0.05) is 12.1 Å². The van der Waals surface area contributed by atoms with Crippen LogP contribution in [0.1, 0.15) is 69.8 Å². The molecule has 0 aromatic heterocycles. The Balaban J connectivity index is 1.81. The van der Waals surface area contributed by atoms with Gasteiger partial charge in [-0.25, -0.2) is 0 Å². The molecule has 0 unspecified atom stereocenters. The minimum Gasteiger partial charge on any atom is -0.435 e. The van der Waals surface area contributed by atoms with Crippen LogP contribution in [0.4, 0.5) is 8.78 Å². The Kier molecular flexibility index (Phi) is 7.62. The van der Waals surface area contributed by atoms with Crippen LogP contribution in [0.2, 0.25) is 0 Å². The Labute approximate surface area is 171 Å². The van der Waals surface area contributed by atoms with E-state index in [2.05, 4.69) is 10.8 Å². The number of hydrogen-bond donors (Lipinski definition) is 0. The Hall–Kier alpha value is -2.42.